The van der Waals surface area contributed by atoms with Crippen LogP contribution in [0.25, 0.3) is 0 Å². The van der Waals surface area contributed by atoms with Gasteiger partial charge in [-0.15, -0.1) is 0 Å². The maximum atomic E-state index is 10.5. The minimum atomic E-state index is -0.899. The third-order valence-electron chi connectivity index (χ3n) is 1.69. The summed E-state index contributed by atoms with van der Waals surface area (Å²) in [7, 11) is 0. The molecule has 0 fully saturated rings. The molecule has 0 spiro atoms. The normalized spacial score (nSPS) is 10.8. The van der Waals surface area contributed by atoms with E-state index in [1.165, 1.54) is 0 Å². The fourth-order valence-corrected chi connectivity index (χ4v) is 1.40. The Morgan fingerprint density at radius 1 is 1.71 bits per heavy atom. The van der Waals surface area contributed by atoms with Crippen molar-refractivity contribution in [3.8, 4) is 0 Å². The van der Waals surface area contributed by atoms with Gasteiger partial charge in [-0.05, 0) is 18.1 Å². The first-order valence-electron chi connectivity index (χ1n) is 4.36. The lowest BCUT2D eigenvalue weighted by molar-refractivity contribution is -0.136. The van der Waals surface area contributed by atoms with Gasteiger partial charge in [0.05, 0.1) is 0 Å². The van der Waals surface area contributed by atoms with Crippen LogP contribution >= 0.6 is 12.2 Å². The molecule has 0 saturated carbocycles. The number of carboxylic acids is 1. The highest BCUT2D eigenvalue weighted by atomic mass is 32.1. The van der Waals surface area contributed by atoms with Gasteiger partial charge in [0.25, 0.3) is 0 Å². The van der Waals surface area contributed by atoms with Gasteiger partial charge in [0.15, 0.2) is 4.77 Å². The smallest absolute Gasteiger partial charge is 0.311 e. The van der Waals surface area contributed by atoms with E-state index in [9.17, 15) is 4.79 Å². The molecule has 0 saturated heterocycles. The first-order valence-corrected chi connectivity index (χ1v) is 4.77. The van der Waals surface area contributed by atoms with E-state index in [1.54, 1.807) is 4.57 Å². The van der Waals surface area contributed by atoms with Crippen LogP contribution in [0.3, 0.4) is 0 Å². The van der Waals surface area contributed by atoms with E-state index in [0.717, 1.165) is 0 Å². The van der Waals surface area contributed by atoms with Crippen LogP contribution < -0.4 is 0 Å². The molecule has 1 heterocycles. The Labute approximate surface area is 86.8 Å². The zero-order chi connectivity index (χ0) is 10.7. The number of aliphatic carboxylic acids is 1. The van der Waals surface area contributed by atoms with Gasteiger partial charge in [0.1, 0.15) is 12.2 Å². The summed E-state index contributed by atoms with van der Waals surface area (Å²) in [5.74, 6) is -0.00736. The summed E-state index contributed by atoms with van der Waals surface area (Å²) in [6, 6.07) is 0. The van der Waals surface area contributed by atoms with Gasteiger partial charge in [0.2, 0.25) is 0 Å². The summed E-state index contributed by atoms with van der Waals surface area (Å²) >= 11 is 5.00. The maximum absolute atomic E-state index is 10.5. The van der Waals surface area contributed by atoms with Crippen molar-refractivity contribution in [1.29, 1.82) is 0 Å². The molecule has 5 nitrogen and oxygen atoms in total. The maximum Gasteiger partial charge on any atom is 0.311 e. The number of carbonyl (C=O) groups is 1. The van der Waals surface area contributed by atoms with Crippen LogP contribution in [0.5, 0.6) is 0 Å². The van der Waals surface area contributed by atoms with E-state index in [-0.39, 0.29) is 6.42 Å². The number of hydrogen-bond donors (Lipinski definition) is 2. The fourth-order valence-electron chi connectivity index (χ4n) is 1.17. The molecule has 2 N–H and O–H groups in total. The Bertz CT molecular complexity index is 380. The molecule has 0 atom stereocenters. The SMILES string of the molecule is CC(C)Cn1c(CC(=O)O)n[nH]c1=S. The molecule has 0 aliphatic carbocycles. The highest BCUT2D eigenvalue weighted by molar-refractivity contribution is 7.71. The molecule has 1 aromatic heterocycles. The fraction of sp³-hybridized carbons (Fsp3) is 0.625. The number of aromatic nitrogens is 3. The average Bonchev–Trinajstić information content (AvgIpc) is 2.34. The van der Waals surface area contributed by atoms with Crippen molar-refractivity contribution in [2.45, 2.75) is 26.8 Å². The number of carboxylic acid groups (broad SMARTS) is 1. The van der Waals surface area contributed by atoms with Crippen molar-refractivity contribution in [3.63, 3.8) is 0 Å². The molecule has 1 rings (SSSR count). The standard InChI is InChI=1S/C8H13N3O2S/c1-5(2)4-11-6(3-7(12)13)9-10-8(11)14/h5H,3-4H2,1-2H3,(H,10,14)(H,12,13). The molecule has 0 radical (unpaired) electrons. The Morgan fingerprint density at radius 3 is 2.86 bits per heavy atom. The zero-order valence-electron chi connectivity index (χ0n) is 8.15. The lowest BCUT2D eigenvalue weighted by atomic mass is 10.2. The Balaban J connectivity index is 2.94. The van der Waals surface area contributed by atoms with E-state index in [1.807, 2.05) is 13.8 Å². The van der Waals surface area contributed by atoms with Crippen molar-refractivity contribution >= 4 is 18.2 Å². The van der Waals surface area contributed by atoms with Gasteiger partial charge in [-0.25, -0.2) is 0 Å². The minimum absolute atomic E-state index is 0.0974. The van der Waals surface area contributed by atoms with Gasteiger partial charge in [0, 0.05) is 6.54 Å². The largest absolute Gasteiger partial charge is 0.481 e. The summed E-state index contributed by atoms with van der Waals surface area (Å²) in [6.45, 7) is 4.77. The van der Waals surface area contributed by atoms with Crippen molar-refractivity contribution in [1.82, 2.24) is 14.8 Å². The van der Waals surface area contributed by atoms with Crippen molar-refractivity contribution in [3.05, 3.63) is 10.6 Å². The highest BCUT2D eigenvalue weighted by Gasteiger charge is 2.10. The molecule has 0 aromatic carbocycles. The number of H-pyrrole nitrogens is 1. The predicted molar refractivity (Wildman–Crippen MR) is 53.6 cm³/mol. The number of aromatic amines is 1. The third kappa shape index (κ3) is 2.66. The van der Waals surface area contributed by atoms with Crippen molar-refractivity contribution in [2.24, 2.45) is 5.92 Å². The van der Waals surface area contributed by atoms with Crippen LogP contribution in [0, 0.1) is 10.7 Å². The monoisotopic (exact) mass is 215 g/mol. The molecule has 78 valence electrons. The van der Waals surface area contributed by atoms with E-state index >= 15 is 0 Å². The van der Waals surface area contributed by atoms with Gasteiger partial charge in [-0.1, -0.05) is 13.8 Å². The molecule has 6 heteroatoms. The van der Waals surface area contributed by atoms with Crippen LogP contribution in [-0.2, 0) is 17.8 Å². The predicted octanol–water partition coefficient (Wildman–Crippen LogP) is 1.22. The summed E-state index contributed by atoms with van der Waals surface area (Å²) in [5.41, 5.74) is 0. The Hall–Kier alpha value is -1.17. The van der Waals surface area contributed by atoms with E-state index < -0.39 is 5.97 Å². The van der Waals surface area contributed by atoms with Crippen LogP contribution in [0.4, 0.5) is 0 Å². The van der Waals surface area contributed by atoms with Gasteiger partial charge in [-0.2, -0.15) is 5.10 Å². The molecule has 1 aromatic rings. The van der Waals surface area contributed by atoms with Gasteiger partial charge in [-0.3, -0.25) is 9.89 Å². The highest BCUT2D eigenvalue weighted by Crippen LogP contribution is 2.04. The third-order valence-corrected chi connectivity index (χ3v) is 2.01. The van der Waals surface area contributed by atoms with Crippen LogP contribution in [0.1, 0.15) is 19.7 Å². The zero-order valence-corrected chi connectivity index (χ0v) is 8.97. The summed E-state index contributed by atoms with van der Waals surface area (Å²) in [6.07, 6.45) is -0.0974. The molecule has 0 aliphatic rings. The van der Waals surface area contributed by atoms with Crippen LogP contribution in [0.15, 0.2) is 0 Å². The second-order valence-corrected chi connectivity index (χ2v) is 3.91. The summed E-state index contributed by atoms with van der Waals surface area (Å²) < 4.78 is 2.21. The number of nitrogens with one attached hydrogen (secondary N) is 1. The average molecular weight is 215 g/mol. The van der Waals surface area contributed by atoms with E-state index in [4.69, 9.17) is 17.3 Å². The van der Waals surface area contributed by atoms with Crippen molar-refractivity contribution in [2.75, 3.05) is 0 Å². The second kappa shape index (κ2) is 4.36. The summed E-state index contributed by atoms with van der Waals surface area (Å²) in [4.78, 5) is 10.5. The van der Waals surface area contributed by atoms with E-state index in [0.29, 0.717) is 23.1 Å². The van der Waals surface area contributed by atoms with Gasteiger partial charge < -0.3 is 9.67 Å². The quantitative estimate of drug-likeness (QED) is 0.741. The Kier molecular flexibility index (Phi) is 3.40. The van der Waals surface area contributed by atoms with Crippen LogP contribution in [-0.4, -0.2) is 25.8 Å². The molecule has 0 bridgehead atoms. The second-order valence-electron chi connectivity index (χ2n) is 3.52. The Morgan fingerprint density at radius 2 is 2.36 bits per heavy atom. The minimum Gasteiger partial charge on any atom is -0.481 e. The number of hydrogen-bond acceptors (Lipinski definition) is 3. The topological polar surface area (TPSA) is 70.9 Å². The van der Waals surface area contributed by atoms with Crippen LogP contribution in [0.2, 0.25) is 0 Å². The first-order chi connectivity index (χ1) is 6.50. The van der Waals surface area contributed by atoms with Crippen molar-refractivity contribution < 1.29 is 9.90 Å². The van der Waals surface area contributed by atoms with E-state index in [2.05, 4.69) is 10.2 Å². The lowest BCUT2D eigenvalue weighted by Crippen LogP contribution is -2.12. The lowest BCUT2D eigenvalue weighted by Gasteiger charge is -2.07. The molecular weight excluding hydrogens is 202 g/mol. The molecule has 0 aliphatic heterocycles. The summed E-state index contributed by atoms with van der Waals surface area (Å²) in [5, 5.41) is 15.1. The van der Waals surface area contributed by atoms with Gasteiger partial charge >= 0.3 is 5.97 Å². The number of nitrogens with zero attached hydrogens (tertiary/aromatic N) is 2. The molecule has 0 unspecified atom stereocenters. The number of rotatable bonds is 4. The first kappa shape index (κ1) is 10.9. The molecular formula is C8H13N3O2S. The molecule has 14 heavy (non-hydrogen) atoms. The molecule has 0 amide bonds.